The number of ether oxygens (including phenoxy) is 1. The highest BCUT2D eigenvalue weighted by Crippen LogP contribution is 2.51. The highest BCUT2D eigenvalue weighted by molar-refractivity contribution is 6.30. The summed E-state index contributed by atoms with van der Waals surface area (Å²) in [5, 5.41) is 21.2. The van der Waals surface area contributed by atoms with Crippen molar-refractivity contribution in [3.8, 4) is 11.5 Å². The zero-order chi connectivity index (χ0) is 23.6. The number of carbonyl (C=O) groups is 1. The molecule has 1 aliphatic rings. The Balaban J connectivity index is 1.62. The predicted molar refractivity (Wildman–Crippen MR) is 121 cm³/mol. The van der Waals surface area contributed by atoms with Gasteiger partial charge in [0.05, 0.1) is 0 Å². The van der Waals surface area contributed by atoms with Gasteiger partial charge in [0, 0.05) is 17.4 Å². The average molecular weight is 473 g/mol. The second kappa shape index (κ2) is 9.49. The van der Waals surface area contributed by atoms with Crippen LogP contribution in [0.1, 0.15) is 29.9 Å². The van der Waals surface area contributed by atoms with Gasteiger partial charge in [-0.05, 0) is 66.3 Å². The van der Waals surface area contributed by atoms with Gasteiger partial charge in [-0.25, -0.2) is 13.6 Å². The molecule has 0 aliphatic heterocycles. The zero-order valence-electron chi connectivity index (χ0n) is 17.6. The number of carboxylic acid groups (broad SMARTS) is 1. The number of para-hydroxylation sites is 1. The van der Waals surface area contributed by atoms with Crippen molar-refractivity contribution in [3.05, 3.63) is 94.8 Å². The second-order valence-corrected chi connectivity index (χ2v) is 8.78. The van der Waals surface area contributed by atoms with Crippen LogP contribution in [0.5, 0.6) is 11.5 Å². The molecule has 0 radical (unpaired) electrons. The molecule has 1 unspecified atom stereocenters. The van der Waals surface area contributed by atoms with Crippen LogP contribution in [-0.4, -0.2) is 28.0 Å². The summed E-state index contributed by atoms with van der Waals surface area (Å²) in [5.41, 5.74) is -2.12. The molecule has 0 heterocycles. The van der Waals surface area contributed by atoms with Crippen LogP contribution in [-0.2, 0) is 11.2 Å². The molecular weight excluding hydrogens is 450 g/mol. The van der Waals surface area contributed by atoms with E-state index >= 15 is 4.39 Å². The van der Waals surface area contributed by atoms with Crippen molar-refractivity contribution < 1.29 is 28.5 Å². The Bertz CT molecular complexity index is 1120. The molecule has 1 saturated carbocycles. The smallest absolute Gasteiger partial charge is 0.344 e. The summed E-state index contributed by atoms with van der Waals surface area (Å²) < 4.78 is 36.1. The maximum atomic E-state index is 16.3. The predicted octanol–water partition coefficient (Wildman–Crippen LogP) is 6.16. The summed E-state index contributed by atoms with van der Waals surface area (Å²) in [6.07, 6.45) is -0.855. The lowest BCUT2D eigenvalue weighted by atomic mass is 9.75. The Morgan fingerprint density at radius 2 is 1.76 bits per heavy atom. The summed E-state index contributed by atoms with van der Waals surface area (Å²) in [6.45, 7) is 0. The Hall–Kier alpha value is -2.96. The summed E-state index contributed by atoms with van der Waals surface area (Å²) in [6, 6.07) is 18.8. The van der Waals surface area contributed by atoms with Crippen LogP contribution in [0.15, 0.2) is 72.8 Å². The molecule has 2 N–H and O–H groups in total. The largest absolute Gasteiger partial charge is 0.479 e. The molecule has 172 valence electrons. The van der Waals surface area contributed by atoms with Gasteiger partial charge in [-0.15, -0.1) is 0 Å². The van der Waals surface area contributed by atoms with Gasteiger partial charge in [0.1, 0.15) is 11.9 Å². The minimum atomic E-state index is -2.94. The molecule has 3 atom stereocenters. The van der Waals surface area contributed by atoms with E-state index in [1.165, 1.54) is 12.1 Å². The van der Waals surface area contributed by atoms with Crippen molar-refractivity contribution in [1.29, 1.82) is 0 Å². The number of aliphatic hydroxyl groups excluding tert-OH is 1. The van der Waals surface area contributed by atoms with Crippen LogP contribution in [0, 0.1) is 11.7 Å². The molecule has 33 heavy (non-hydrogen) atoms. The standard InChI is InChI=1S/C26H23ClF2O4/c27-19-11-9-18(10-12-19)24(17-7-8-17)26(29,25(31)32)23(30)15-16-6-13-21(28)22(14-16)33-20-4-2-1-3-5-20/h1-6,9-14,17,23-24,30H,7-8,15H2,(H,31,32)/t23-,24?,26+/m1/s1. The van der Waals surface area contributed by atoms with E-state index in [1.807, 2.05) is 0 Å². The van der Waals surface area contributed by atoms with Gasteiger partial charge in [0.2, 0.25) is 5.67 Å². The lowest BCUT2D eigenvalue weighted by molar-refractivity contribution is -0.163. The van der Waals surface area contributed by atoms with Crippen LogP contribution < -0.4 is 4.74 Å². The fourth-order valence-electron chi connectivity index (χ4n) is 4.18. The van der Waals surface area contributed by atoms with Gasteiger partial charge in [-0.1, -0.05) is 48.0 Å². The maximum absolute atomic E-state index is 16.3. The third-order valence-corrected chi connectivity index (χ3v) is 6.24. The van der Waals surface area contributed by atoms with Crippen molar-refractivity contribution in [2.24, 2.45) is 5.92 Å². The number of aliphatic hydroxyl groups is 1. The van der Waals surface area contributed by atoms with Crippen LogP contribution in [0.4, 0.5) is 8.78 Å². The van der Waals surface area contributed by atoms with Gasteiger partial charge in [-0.2, -0.15) is 0 Å². The number of carboxylic acids is 1. The molecule has 0 bridgehead atoms. The summed E-state index contributed by atoms with van der Waals surface area (Å²) in [5.74, 6) is -3.28. The first-order valence-corrected chi connectivity index (χ1v) is 11.0. The first-order valence-electron chi connectivity index (χ1n) is 10.7. The molecule has 4 rings (SSSR count). The first kappa shape index (κ1) is 23.2. The summed E-state index contributed by atoms with van der Waals surface area (Å²) >= 11 is 5.94. The fraction of sp³-hybridized carbons (Fsp3) is 0.269. The molecule has 0 amide bonds. The van der Waals surface area contributed by atoms with Crippen LogP contribution in [0.2, 0.25) is 5.02 Å². The SMILES string of the molecule is O=C(O)[C@@](F)(C(c1ccc(Cl)cc1)C1CC1)[C@H](O)Cc1ccc(F)c(Oc2ccccc2)c1. The van der Waals surface area contributed by atoms with E-state index in [1.54, 1.807) is 54.6 Å². The van der Waals surface area contributed by atoms with Gasteiger partial charge in [-0.3, -0.25) is 0 Å². The highest BCUT2D eigenvalue weighted by Gasteiger charge is 2.57. The maximum Gasteiger partial charge on any atom is 0.344 e. The minimum Gasteiger partial charge on any atom is -0.479 e. The van der Waals surface area contributed by atoms with E-state index < -0.39 is 29.5 Å². The molecule has 3 aromatic rings. The minimum absolute atomic E-state index is 0.0953. The van der Waals surface area contributed by atoms with Crippen LogP contribution in [0.25, 0.3) is 0 Å². The number of rotatable bonds is 9. The quantitative estimate of drug-likeness (QED) is 0.391. The number of aliphatic carboxylic acids is 1. The van der Waals surface area contributed by atoms with Gasteiger partial charge >= 0.3 is 5.97 Å². The van der Waals surface area contributed by atoms with E-state index in [2.05, 4.69) is 0 Å². The zero-order valence-corrected chi connectivity index (χ0v) is 18.4. The van der Waals surface area contributed by atoms with Crippen LogP contribution in [0.3, 0.4) is 0 Å². The highest BCUT2D eigenvalue weighted by atomic mass is 35.5. The molecule has 1 fully saturated rings. The van der Waals surface area contributed by atoms with Gasteiger partial charge in [0.25, 0.3) is 0 Å². The monoisotopic (exact) mass is 472 g/mol. The lowest BCUT2D eigenvalue weighted by Crippen LogP contribution is -2.52. The van der Waals surface area contributed by atoms with E-state index in [9.17, 15) is 19.4 Å². The molecule has 4 nitrogen and oxygen atoms in total. The number of hydrogen-bond donors (Lipinski definition) is 2. The third-order valence-electron chi connectivity index (χ3n) is 5.98. The number of halogens is 3. The molecule has 7 heteroatoms. The fourth-order valence-corrected chi connectivity index (χ4v) is 4.31. The Morgan fingerprint density at radius 3 is 2.36 bits per heavy atom. The molecule has 0 saturated heterocycles. The van der Waals surface area contributed by atoms with Crippen molar-refractivity contribution in [2.75, 3.05) is 0 Å². The normalized spacial score (nSPS) is 17.1. The van der Waals surface area contributed by atoms with Crippen molar-refractivity contribution in [2.45, 2.75) is 37.0 Å². The third kappa shape index (κ3) is 5.02. The molecule has 3 aromatic carbocycles. The number of alkyl halides is 1. The average Bonchev–Trinajstić information content (AvgIpc) is 3.63. The van der Waals surface area contributed by atoms with E-state index in [0.29, 0.717) is 34.7 Å². The molecule has 0 aromatic heterocycles. The summed E-state index contributed by atoms with van der Waals surface area (Å²) in [7, 11) is 0. The van der Waals surface area contributed by atoms with Crippen molar-refractivity contribution in [1.82, 2.24) is 0 Å². The van der Waals surface area contributed by atoms with E-state index in [4.69, 9.17) is 16.3 Å². The lowest BCUT2D eigenvalue weighted by Gasteiger charge is -2.35. The van der Waals surface area contributed by atoms with Crippen LogP contribution >= 0.6 is 11.6 Å². The van der Waals surface area contributed by atoms with Crippen molar-refractivity contribution in [3.63, 3.8) is 0 Å². The van der Waals surface area contributed by atoms with Gasteiger partial charge < -0.3 is 14.9 Å². The Morgan fingerprint density at radius 1 is 1.09 bits per heavy atom. The topological polar surface area (TPSA) is 66.8 Å². The second-order valence-electron chi connectivity index (χ2n) is 8.34. The van der Waals surface area contributed by atoms with Crippen molar-refractivity contribution >= 4 is 17.6 Å². The molecular formula is C26H23ClF2O4. The van der Waals surface area contributed by atoms with E-state index in [-0.39, 0.29) is 18.1 Å². The van der Waals surface area contributed by atoms with Gasteiger partial charge in [0.15, 0.2) is 11.6 Å². The first-order chi connectivity index (χ1) is 15.8. The molecule has 0 spiro atoms. The molecule has 1 aliphatic carbocycles. The Kier molecular flexibility index (Phi) is 6.68. The van der Waals surface area contributed by atoms with E-state index in [0.717, 1.165) is 6.07 Å². The number of benzene rings is 3. The number of hydrogen-bond acceptors (Lipinski definition) is 3. The summed E-state index contributed by atoms with van der Waals surface area (Å²) in [4.78, 5) is 12.2. The Labute approximate surface area is 195 Å².